The Balaban J connectivity index is 2.42. The average Bonchev–Trinajstić information content (AvgIpc) is 1.98. The first-order valence-corrected chi connectivity index (χ1v) is 4.75. The molecule has 1 aliphatic carbocycles. The summed E-state index contributed by atoms with van der Waals surface area (Å²) in [4.78, 5) is 0. The van der Waals surface area contributed by atoms with Gasteiger partial charge in [-0.05, 0) is 31.1 Å². The third-order valence-electron chi connectivity index (χ3n) is 2.68. The molecule has 3 unspecified atom stereocenters. The third-order valence-corrected chi connectivity index (χ3v) is 3.07. The number of hydrogen-bond acceptors (Lipinski definition) is 0. The summed E-state index contributed by atoms with van der Waals surface area (Å²) in [6.07, 6.45) is 9.72. The molecule has 0 N–H and O–H groups in total. The van der Waals surface area contributed by atoms with Gasteiger partial charge in [-0.25, -0.2) is 0 Å². The highest BCUT2D eigenvalue weighted by molar-refractivity contribution is 6.20. The van der Waals surface area contributed by atoms with Crippen LogP contribution in [0, 0.1) is 24.2 Å². The monoisotopic (exact) mass is 170 g/mol. The van der Waals surface area contributed by atoms with Gasteiger partial charge in [0.2, 0.25) is 0 Å². The fraction of sp³-hybridized carbons (Fsp3) is 0.800. The van der Waals surface area contributed by atoms with Gasteiger partial charge in [-0.3, -0.25) is 0 Å². The first kappa shape index (κ1) is 8.94. The van der Waals surface area contributed by atoms with Crippen molar-refractivity contribution in [1.29, 1.82) is 0 Å². The Morgan fingerprint density at radius 1 is 1.55 bits per heavy atom. The largest absolute Gasteiger partial charge is 0.123 e. The SMILES string of the molecule is C#CCC1CC(Cl)CCC1C. The topological polar surface area (TPSA) is 0 Å². The van der Waals surface area contributed by atoms with Crippen LogP contribution in [0.4, 0.5) is 0 Å². The molecule has 1 saturated carbocycles. The van der Waals surface area contributed by atoms with E-state index < -0.39 is 0 Å². The molecule has 0 heterocycles. The van der Waals surface area contributed by atoms with E-state index in [1.54, 1.807) is 0 Å². The number of alkyl halides is 1. The van der Waals surface area contributed by atoms with Crippen molar-refractivity contribution in [2.45, 2.75) is 38.0 Å². The van der Waals surface area contributed by atoms with Crippen molar-refractivity contribution in [3.8, 4) is 12.3 Å². The van der Waals surface area contributed by atoms with Crippen molar-refractivity contribution in [2.24, 2.45) is 11.8 Å². The van der Waals surface area contributed by atoms with E-state index >= 15 is 0 Å². The molecule has 0 aromatic heterocycles. The van der Waals surface area contributed by atoms with Crippen LogP contribution in [0.2, 0.25) is 0 Å². The van der Waals surface area contributed by atoms with Gasteiger partial charge in [-0.2, -0.15) is 0 Å². The van der Waals surface area contributed by atoms with Crippen molar-refractivity contribution >= 4 is 11.6 Å². The molecule has 0 bridgehead atoms. The lowest BCUT2D eigenvalue weighted by Crippen LogP contribution is -2.22. The van der Waals surface area contributed by atoms with Gasteiger partial charge in [-0.1, -0.05) is 6.92 Å². The molecule has 1 aliphatic rings. The lowest BCUT2D eigenvalue weighted by Gasteiger charge is -2.30. The van der Waals surface area contributed by atoms with Gasteiger partial charge in [0.25, 0.3) is 0 Å². The summed E-state index contributed by atoms with van der Waals surface area (Å²) in [5.41, 5.74) is 0. The zero-order chi connectivity index (χ0) is 8.27. The highest BCUT2D eigenvalue weighted by Gasteiger charge is 2.25. The average molecular weight is 171 g/mol. The summed E-state index contributed by atoms with van der Waals surface area (Å²) in [5, 5.41) is 0.379. The molecule has 0 aromatic carbocycles. The zero-order valence-electron chi connectivity index (χ0n) is 7.02. The van der Waals surface area contributed by atoms with Gasteiger partial charge in [-0.15, -0.1) is 23.9 Å². The summed E-state index contributed by atoms with van der Waals surface area (Å²) in [7, 11) is 0. The smallest absolute Gasteiger partial charge is 0.0339 e. The third kappa shape index (κ3) is 2.42. The second kappa shape index (κ2) is 4.02. The Morgan fingerprint density at radius 3 is 2.91 bits per heavy atom. The molecule has 0 amide bonds. The van der Waals surface area contributed by atoms with Gasteiger partial charge in [0.1, 0.15) is 0 Å². The first-order chi connectivity index (χ1) is 5.24. The molecule has 0 radical (unpaired) electrons. The minimum absolute atomic E-state index is 0.379. The van der Waals surface area contributed by atoms with Crippen molar-refractivity contribution in [2.75, 3.05) is 0 Å². The van der Waals surface area contributed by atoms with E-state index in [0.717, 1.165) is 18.8 Å². The molecule has 0 spiro atoms. The minimum atomic E-state index is 0.379. The lowest BCUT2D eigenvalue weighted by molar-refractivity contribution is 0.265. The Kier molecular flexibility index (Phi) is 3.27. The van der Waals surface area contributed by atoms with Crippen LogP contribution in [-0.2, 0) is 0 Å². The Bertz CT molecular complexity index is 157. The Labute approximate surface area is 74.3 Å². The van der Waals surface area contributed by atoms with Crippen molar-refractivity contribution < 1.29 is 0 Å². The van der Waals surface area contributed by atoms with Crippen molar-refractivity contribution in [3.63, 3.8) is 0 Å². The molecular weight excluding hydrogens is 156 g/mol. The van der Waals surface area contributed by atoms with E-state index in [4.69, 9.17) is 18.0 Å². The van der Waals surface area contributed by atoms with Crippen LogP contribution in [0.15, 0.2) is 0 Å². The molecule has 0 saturated heterocycles. The normalized spacial score (nSPS) is 38.1. The van der Waals surface area contributed by atoms with Crippen molar-refractivity contribution in [1.82, 2.24) is 0 Å². The molecule has 1 heteroatoms. The molecule has 3 atom stereocenters. The van der Waals surface area contributed by atoms with Crippen LogP contribution >= 0.6 is 11.6 Å². The molecule has 0 nitrogen and oxygen atoms in total. The summed E-state index contributed by atoms with van der Waals surface area (Å²) in [6.45, 7) is 2.28. The predicted octanol–water partition coefficient (Wildman–Crippen LogP) is 3.05. The number of rotatable bonds is 1. The van der Waals surface area contributed by atoms with Gasteiger partial charge < -0.3 is 0 Å². The molecule has 1 rings (SSSR count). The molecule has 0 aromatic rings. The molecular formula is C10H15Cl. The van der Waals surface area contributed by atoms with E-state index in [-0.39, 0.29) is 0 Å². The van der Waals surface area contributed by atoms with Gasteiger partial charge in [0, 0.05) is 11.8 Å². The first-order valence-electron chi connectivity index (χ1n) is 4.31. The highest BCUT2D eigenvalue weighted by Crippen LogP contribution is 2.34. The fourth-order valence-electron chi connectivity index (χ4n) is 1.79. The van der Waals surface area contributed by atoms with Gasteiger partial charge in [0.15, 0.2) is 0 Å². The Morgan fingerprint density at radius 2 is 2.27 bits per heavy atom. The predicted molar refractivity (Wildman–Crippen MR) is 49.6 cm³/mol. The van der Waals surface area contributed by atoms with E-state index in [2.05, 4.69) is 12.8 Å². The van der Waals surface area contributed by atoms with Crippen LogP contribution in [0.3, 0.4) is 0 Å². The Hall–Kier alpha value is -0.150. The molecule has 1 fully saturated rings. The van der Waals surface area contributed by atoms with Crippen LogP contribution in [-0.4, -0.2) is 5.38 Å². The van der Waals surface area contributed by atoms with E-state index in [1.165, 1.54) is 12.8 Å². The molecule has 62 valence electrons. The number of hydrogen-bond donors (Lipinski definition) is 0. The zero-order valence-corrected chi connectivity index (χ0v) is 7.77. The van der Waals surface area contributed by atoms with E-state index in [9.17, 15) is 0 Å². The number of terminal acetylenes is 1. The van der Waals surface area contributed by atoms with E-state index in [1.807, 2.05) is 0 Å². The van der Waals surface area contributed by atoms with Crippen molar-refractivity contribution in [3.05, 3.63) is 0 Å². The summed E-state index contributed by atoms with van der Waals surface area (Å²) < 4.78 is 0. The molecule has 11 heavy (non-hydrogen) atoms. The lowest BCUT2D eigenvalue weighted by atomic mass is 9.78. The minimum Gasteiger partial charge on any atom is -0.123 e. The standard InChI is InChI=1S/C10H15Cl/c1-3-4-9-7-10(11)6-5-8(9)2/h1,8-10H,4-7H2,2H3. The number of halogens is 1. The van der Waals surface area contributed by atoms with Crippen LogP contribution in [0.5, 0.6) is 0 Å². The summed E-state index contributed by atoms with van der Waals surface area (Å²) in [5.74, 6) is 4.19. The van der Waals surface area contributed by atoms with Gasteiger partial charge in [0.05, 0.1) is 0 Å². The second-order valence-corrected chi connectivity index (χ2v) is 4.17. The summed E-state index contributed by atoms with van der Waals surface area (Å²) in [6, 6.07) is 0. The molecule has 0 aliphatic heterocycles. The second-order valence-electron chi connectivity index (χ2n) is 3.56. The fourth-order valence-corrected chi connectivity index (χ4v) is 2.15. The van der Waals surface area contributed by atoms with Crippen LogP contribution < -0.4 is 0 Å². The summed E-state index contributed by atoms with van der Waals surface area (Å²) >= 11 is 6.04. The quantitative estimate of drug-likeness (QED) is 0.419. The maximum Gasteiger partial charge on any atom is 0.0339 e. The van der Waals surface area contributed by atoms with Crippen LogP contribution in [0.1, 0.15) is 32.6 Å². The maximum atomic E-state index is 6.04. The van der Waals surface area contributed by atoms with Gasteiger partial charge >= 0.3 is 0 Å². The maximum absolute atomic E-state index is 6.04. The van der Waals surface area contributed by atoms with E-state index in [0.29, 0.717) is 11.3 Å². The van der Waals surface area contributed by atoms with Crippen LogP contribution in [0.25, 0.3) is 0 Å². The highest BCUT2D eigenvalue weighted by atomic mass is 35.5.